The first kappa shape index (κ1) is 19.0. The average molecular weight is 368 g/mol. The van der Waals surface area contributed by atoms with Gasteiger partial charge in [-0.3, -0.25) is 14.8 Å². The fourth-order valence-corrected chi connectivity index (χ4v) is 2.78. The largest absolute Gasteiger partial charge is 0.405 e. The summed E-state index contributed by atoms with van der Waals surface area (Å²) >= 11 is 0. The van der Waals surface area contributed by atoms with Gasteiger partial charge >= 0.3 is 6.18 Å². The number of aromatic nitrogens is 2. The Kier molecular flexibility index (Phi) is 6.11. The molecule has 3 rings (SSSR count). The Morgan fingerprint density at radius 2 is 2.04 bits per heavy atom. The number of hydrogen-bond acceptors (Lipinski definition) is 4. The molecular formula is C14H21ClF3N5O. The zero-order valence-corrected chi connectivity index (χ0v) is 13.8. The summed E-state index contributed by atoms with van der Waals surface area (Å²) in [5.74, 6) is -0.162. The van der Waals surface area contributed by atoms with Gasteiger partial charge in [0.2, 0.25) is 0 Å². The van der Waals surface area contributed by atoms with E-state index in [-0.39, 0.29) is 18.1 Å². The summed E-state index contributed by atoms with van der Waals surface area (Å²) in [4.78, 5) is 13.4. The summed E-state index contributed by atoms with van der Waals surface area (Å²) < 4.78 is 39.7. The fourth-order valence-electron chi connectivity index (χ4n) is 2.78. The summed E-state index contributed by atoms with van der Waals surface area (Å²) in [6.45, 7) is 1.20. The lowest BCUT2D eigenvalue weighted by molar-refractivity contribution is -0.183. The van der Waals surface area contributed by atoms with Crippen LogP contribution >= 0.6 is 12.4 Å². The predicted molar refractivity (Wildman–Crippen MR) is 84.4 cm³/mol. The summed E-state index contributed by atoms with van der Waals surface area (Å²) in [7, 11) is 0. The quantitative estimate of drug-likeness (QED) is 0.733. The van der Waals surface area contributed by atoms with Crippen molar-refractivity contribution in [2.24, 2.45) is 0 Å². The highest BCUT2D eigenvalue weighted by Gasteiger charge is 2.43. The first-order chi connectivity index (χ1) is 10.9. The van der Waals surface area contributed by atoms with Crippen molar-refractivity contribution in [3.63, 3.8) is 0 Å². The lowest BCUT2D eigenvalue weighted by Crippen LogP contribution is -2.57. The van der Waals surface area contributed by atoms with Crippen molar-refractivity contribution in [3.05, 3.63) is 17.5 Å². The second kappa shape index (κ2) is 7.71. The Balaban J connectivity index is 0.00000208. The van der Waals surface area contributed by atoms with Crippen LogP contribution < -0.4 is 10.6 Å². The zero-order chi connectivity index (χ0) is 16.4. The van der Waals surface area contributed by atoms with Crippen molar-refractivity contribution in [2.75, 3.05) is 32.7 Å². The number of halogens is 4. The van der Waals surface area contributed by atoms with Gasteiger partial charge in [-0.05, 0) is 18.9 Å². The maximum atomic E-state index is 13.2. The molecule has 0 radical (unpaired) electrons. The van der Waals surface area contributed by atoms with Crippen LogP contribution in [0.25, 0.3) is 0 Å². The highest BCUT2D eigenvalue weighted by molar-refractivity contribution is 5.92. The molecule has 1 amide bonds. The number of rotatable bonds is 5. The molecule has 10 heteroatoms. The highest BCUT2D eigenvalue weighted by atomic mass is 35.5. The topological polar surface area (TPSA) is 73.1 Å². The van der Waals surface area contributed by atoms with E-state index in [2.05, 4.69) is 20.8 Å². The molecule has 1 aromatic rings. The van der Waals surface area contributed by atoms with Gasteiger partial charge < -0.3 is 10.6 Å². The van der Waals surface area contributed by atoms with Crippen molar-refractivity contribution in [1.29, 1.82) is 0 Å². The molecular weight excluding hydrogens is 347 g/mol. The number of aromatic amines is 1. The van der Waals surface area contributed by atoms with E-state index in [1.807, 2.05) is 0 Å². The maximum absolute atomic E-state index is 13.2. The molecule has 1 saturated carbocycles. The van der Waals surface area contributed by atoms with E-state index in [1.54, 1.807) is 6.07 Å². The molecule has 2 heterocycles. The number of amides is 1. The molecule has 3 N–H and O–H groups in total. The highest BCUT2D eigenvalue weighted by Crippen LogP contribution is 2.39. The van der Waals surface area contributed by atoms with Gasteiger partial charge in [0.15, 0.2) is 0 Å². The molecule has 0 bridgehead atoms. The summed E-state index contributed by atoms with van der Waals surface area (Å²) in [6.07, 6.45) is -2.26. The fraction of sp³-hybridized carbons (Fsp3) is 0.714. The van der Waals surface area contributed by atoms with E-state index >= 15 is 0 Å². The van der Waals surface area contributed by atoms with Crippen LogP contribution in [0.3, 0.4) is 0 Å². The van der Waals surface area contributed by atoms with E-state index < -0.39 is 24.7 Å². The lowest BCUT2D eigenvalue weighted by Gasteiger charge is -2.35. The van der Waals surface area contributed by atoms with Crippen molar-refractivity contribution in [1.82, 2.24) is 25.7 Å². The number of hydrogen-bond donors (Lipinski definition) is 3. The van der Waals surface area contributed by atoms with Gasteiger partial charge in [0.25, 0.3) is 5.91 Å². The number of nitrogens with zero attached hydrogens (tertiary/aromatic N) is 2. The van der Waals surface area contributed by atoms with Gasteiger partial charge in [-0.1, -0.05) is 0 Å². The molecule has 2 aliphatic rings. The van der Waals surface area contributed by atoms with Crippen LogP contribution in [0.2, 0.25) is 0 Å². The molecule has 1 saturated heterocycles. The van der Waals surface area contributed by atoms with Gasteiger partial charge in [0.1, 0.15) is 11.7 Å². The number of nitrogens with one attached hydrogen (secondary N) is 3. The van der Waals surface area contributed by atoms with Crippen LogP contribution in [0.1, 0.15) is 34.9 Å². The first-order valence-corrected chi connectivity index (χ1v) is 7.80. The third kappa shape index (κ3) is 4.61. The van der Waals surface area contributed by atoms with Crippen molar-refractivity contribution in [3.8, 4) is 0 Å². The standard InChI is InChI=1S/C14H20F3N5O.ClH/c15-14(16,17)12(22-5-3-18-4-6-22)8-19-13(23)11-7-10(20-21-11)9-1-2-9;/h7,9,12,18H,1-6,8H2,(H,19,23)(H,20,21);1H. The van der Waals surface area contributed by atoms with Gasteiger partial charge in [-0.2, -0.15) is 18.3 Å². The monoisotopic (exact) mass is 367 g/mol. The van der Waals surface area contributed by atoms with E-state index in [0.29, 0.717) is 32.1 Å². The van der Waals surface area contributed by atoms with Gasteiger partial charge in [-0.15, -0.1) is 12.4 Å². The average Bonchev–Trinajstić information content (AvgIpc) is 3.24. The number of H-pyrrole nitrogens is 1. The molecule has 1 aliphatic heterocycles. The zero-order valence-electron chi connectivity index (χ0n) is 13.0. The molecule has 1 atom stereocenters. The molecule has 136 valence electrons. The van der Waals surface area contributed by atoms with E-state index in [9.17, 15) is 18.0 Å². The number of carbonyl (C=O) groups excluding carboxylic acids is 1. The Morgan fingerprint density at radius 3 is 2.62 bits per heavy atom. The smallest absolute Gasteiger partial charge is 0.349 e. The molecule has 24 heavy (non-hydrogen) atoms. The number of carbonyl (C=O) groups is 1. The molecule has 0 aromatic carbocycles. The third-order valence-corrected chi connectivity index (χ3v) is 4.27. The van der Waals surface area contributed by atoms with Crippen LogP contribution in [0, 0.1) is 0 Å². The molecule has 1 aliphatic carbocycles. The molecule has 1 unspecified atom stereocenters. The molecule has 2 fully saturated rings. The molecule has 1 aromatic heterocycles. The van der Waals surface area contributed by atoms with Crippen LogP contribution in [0.4, 0.5) is 13.2 Å². The van der Waals surface area contributed by atoms with Crippen molar-refractivity contribution < 1.29 is 18.0 Å². The minimum atomic E-state index is -4.38. The Bertz CT molecular complexity index is 555. The van der Waals surface area contributed by atoms with Gasteiger partial charge in [-0.25, -0.2) is 0 Å². The predicted octanol–water partition coefficient (Wildman–Crippen LogP) is 1.27. The van der Waals surface area contributed by atoms with E-state index in [4.69, 9.17) is 0 Å². The van der Waals surface area contributed by atoms with Crippen LogP contribution in [0.5, 0.6) is 0 Å². The first-order valence-electron chi connectivity index (χ1n) is 7.80. The maximum Gasteiger partial charge on any atom is 0.405 e. The number of alkyl halides is 3. The van der Waals surface area contributed by atoms with Crippen molar-refractivity contribution in [2.45, 2.75) is 31.0 Å². The van der Waals surface area contributed by atoms with Crippen LogP contribution in [-0.4, -0.2) is 65.9 Å². The Hall–Kier alpha value is -1.32. The number of piperazine rings is 1. The SMILES string of the molecule is Cl.O=C(NCC(N1CCNCC1)C(F)(F)F)c1cc(C2CC2)[nH]n1. The normalized spacial score (nSPS) is 20.3. The Morgan fingerprint density at radius 1 is 1.38 bits per heavy atom. The van der Waals surface area contributed by atoms with Crippen LogP contribution in [-0.2, 0) is 0 Å². The van der Waals surface area contributed by atoms with Gasteiger partial charge in [0, 0.05) is 44.3 Å². The summed E-state index contributed by atoms with van der Waals surface area (Å²) in [6, 6.07) is -0.0455. The minimum Gasteiger partial charge on any atom is -0.349 e. The third-order valence-electron chi connectivity index (χ3n) is 4.27. The Labute approximate surface area is 144 Å². The van der Waals surface area contributed by atoms with E-state index in [0.717, 1.165) is 18.5 Å². The molecule has 6 nitrogen and oxygen atoms in total. The summed E-state index contributed by atoms with van der Waals surface area (Å²) in [5.41, 5.74) is 1.03. The van der Waals surface area contributed by atoms with E-state index in [1.165, 1.54) is 4.90 Å². The lowest BCUT2D eigenvalue weighted by atomic mass is 10.2. The second-order valence-corrected chi connectivity index (χ2v) is 6.04. The van der Waals surface area contributed by atoms with Crippen LogP contribution in [0.15, 0.2) is 6.07 Å². The molecule has 0 spiro atoms. The van der Waals surface area contributed by atoms with Crippen molar-refractivity contribution >= 4 is 18.3 Å². The second-order valence-electron chi connectivity index (χ2n) is 6.04. The van der Waals surface area contributed by atoms with Gasteiger partial charge in [0.05, 0.1) is 0 Å². The summed E-state index contributed by atoms with van der Waals surface area (Å²) in [5, 5.41) is 12.1. The minimum absolute atomic E-state index is 0.